The van der Waals surface area contributed by atoms with E-state index in [0.29, 0.717) is 24.5 Å². The lowest BCUT2D eigenvalue weighted by Gasteiger charge is -2.31. The van der Waals surface area contributed by atoms with Crippen molar-refractivity contribution >= 4 is 17.5 Å². The highest BCUT2D eigenvalue weighted by Crippen LogP contribution is 2.35. The van der Waals surface area contributed by atoms with Gasteiger partial charge in [0.15, 0.2) is 0 Å². The van der Waals surface area contributed by atoms with E-state index in [2.05, 4.69) is 11.9 Å². The number of hydrogen-bond donors (Lipinski definition) is 1. The summed E-state index contributed by atoms with van der Waals surface area (Å²) in [6, 6.07) is 0.319. The van der Waals surface area contributed by atoms with Gasteiger partial charge in [-0.3, -0.25) is 4.79 Å². The van der Waals surface area contributed by atoms with Gasteiger partial charge in [-0.1, -0.05) is 25.8 Å². The van der Waals surface area contributed by atoms with Crippen LogP contribution in [0.3, 0.4) is 0 Å². The lowest BCUT2D eigenvalue weighted by molar-refractivity contribution is -0.122. The Morgan fingerprint density at radius 2 is 1.95 bits per heavy atom. The van der Waals surface area contributed by atoms with Crippen LogP contribution < -0.4 is 5.32 Å². The second kappa shape index (κ2) is 6.74. The van der Waals surface area contributed by atoms with Crippen molar-refractivity contribution in [3.8, 4) is 0 Å². The fourth-order valence-electron chi connectivity index (χ4n) is 3.14. The van der Waals surface area contributed by atoms with E-state index in [4.69, 9.17) is 11.6 Å². The predicted octanol–water partition coefficient (Wildman–Crippen LogP) is 3.74. The highest BCUT2D eigenvalue weighted by Gasteiger charge is 2.33. The molecule has 0 aromatic rings. The van der Waals surface area contributed by atoms with Gasteiger partial charge in [0, 0.05) is 12.5 Å². The van der Waals surface area contributed by atoms with Gasteiger partial charge < -0.3 is 5.32 Å². The second-order valence-corrected chi connectivity index (χ2v) is 6.43. The van der Waals surface area contributed by atoms with Crippen molar-refractivity contribution in [1.82, 2.24) is 5.32 Å². The SMILES string of the molecule is C=C1C(CC(=O)NC2CCCCC2)CCC(Cl)C1F. The Labute approximate surface area is 119 Å². The van der Waals surface area contributed by atoms with E-state index in [1.807, 2.05) is 0 Å². The summed E-state index contributed by atoms with van der Waals surface area (Å²) in [5.74, 6) is -0.00753. The minimum absolute atomic E-state index is 0.0401. The van der Waals surface area contributed by atoms with Gasteiger partial charge >= 0.3 is 0 Å². The van der Waals surface area contributed by atoms with Crippen LogP contribution in [-0.4, -0.2) is 23.5 Å². The molecule has 2 rings (SSSR count). The fourth-order valence-corrected chi connectivity index (χ4v) is 3.43. The number of alkyl halides is 2. The number of nitrogens with one attached hydrogen (secondary N) is 1. The Balaban J connectivity index is 1.80. The van der Waals surface area contributed by atoms with E-state index < -0.39 is 11.5 Å². The van der Waals surface area contributed by atoms with Crippen LogP contribution in [0, 0.1) is 5.92 Å². The Kier molecular flexibility index (Phi) is 5.26. The molecule has 2 saturated carbocycles. The highest BCUT2D eigenvalue weighted by molar-refractivity contribution is 6.21. The average molecular weight is 288 g/mol. The third-order valence-corrected chi connectivity index (χ3v) is 4.83. The zero-order valence-corrected chi connectivity index (χ0v) is 12.1. The summed E-state index contributed by atoms with van der Waals surface area (Å²) in [7, 11) is 0. The Morgan fingerprint density at radius 1 is 1.26 bits per heavy atom. The van der Waals surface area contributed by atoms with Crippen LogP contribution in [0.1, 0.15) is 51.4 Å². The molecule has 3 atom stereocenters. The molecule has 0 radical (unpaired) electrons. The van der Waals surface area contributed by atoms with Gasteiger partial charge in [-0.2, -0.15) is 0 Å². The summed E-state index contributed by atoms with van der Waals surface area (Å²) < 4.78 is 13.8. The molecule has 19 heavy (non-hydrogen) atoms. The van der Waals surface area contributed by atoms with Gasteiger partial charge in [-0.25, -0.2) is 4.39 Å². The van der Waals surface area contributed by atoms with E-state index >= 15 is 0 Å². The maximum atomic E-state index is 13.8. The number of amides is 1. The van der Waals surface area contributed by atoms with Crippen molar-refractivity contribution in [3.63, 3.8) is 0 Å². The van der Waals surface area contributed by atoms with Crippen molar-refractivity contribution in [2.75, 3.05) is 0 Å². The van der Waals surface area contributed by atoms with Gasteiger partial charge in [-0.15, -0.1) is 11.6 Å². The van der Waals surface area contributed by atoms with Crippen LogP contribution in [0.15, 0.2) is 12.2 Å². The number of carbonyl (C=O) groups is 1. The summed E-state index contributed by atoms with van der Waals surface area (Å²) in [6.07, 6.45) is 6.41. The molecular weight excluding hydrogens is 265 g/mol. The van der Waals surface area contributed by atoms with Crippen LogP contribution in [-0.2, 0) is 4.79 Å². The largest absolute Gasteiger partial charge is 0.353 e. The molecule has 1 amide bonds. The first-order chi connectivity index (χ1) is 9.08. The molecule has 0 bridgehead atoms. The van der Waals surface area contributed by atoms with Crippen molar-refractivity contribution in [3.05, 3.63) is 12.2 Å². The van der Waals surface area contributed by atoms with E-state index in [1.54, 1.807) is 0 Å². The number of halogens is 2. The minimum atomic E-state index is -1.16. The van der Waals surface area contributed by atoms with Crippen molar-refractivity contribution < 1.29 is 9.18 Å². The third kappa shape index (κ3) is 3.95. The molecule has 0 saturated heterocycles. The van der Waals surface area contributed by atoms with Crippen molar-refractivity contribution in [2.24, 2.45) is 5.92 Å². The quantitative estimate of drug-likeness (QED) is 0.622. The Bertz CT molecular complexity index is 341. The summed E-state index contributed by atoms with van der Waals surface area (Å²) in [4.78, 5) is 12.0. The van der Waals surface area contributed by atoms with Gasteiger partial charge in [0.2, 0.25) is 5.91 Å². The van der Waals surface area contributed by atoms with Crippen molar-refractivity contribution in [2.45, 2.75) is 69.0 Å². The minimum Gasteiger partial charge on any atom is -0.353 e. The third-order valence-electron chi connectivity index (χ3n) is 4.39. The van der Waals surface area contributed by atoms with Crippen LogP contribution in [0.2, 0.25) is 0 Å². The smallest absolute Gasteiger partial charge is 0.220 e. The maximum Gasteiger partial charge on any atom is 0.220 e. The maximum absolute atomic E-state index is 13.8. The van der Waals surface area contributed by atoms with Gasteiger partial charge in [0.1, 0.15) is 6.17 Å². The molecule has 0 aliphatic heterocycles. The summed E-state index contributed by atoms with van der Waals surface area (Å²) in [6.45, 7) is 3.79. The predicted molar refractivity (Wildman–Crippen MR) is 76.0 cm³/mol. The monoisotopic (exact) mass is 287 g/mol. The number of carbonyl (C=O) groups excluding carboxylic acids is 1. The Hall–Kier alpha value is -0.570. The van der Waals surface area contributed by atoms with Crippen molar-refractivity contribution in [1.29, 1.82) is 0 Å². The van der Waals surface area contributed by atoms with E-state index in [9.17, 15) is 9.18 Å². The van der Waals surface area contributed by atoms with Crippen LogP contribution >= 0.6 is 11.6 Å². The molecule has 0 spiro atoms. The number of hydrogen-bond acceptors (Lipinski definition) is 1. The Morgan fingerprint density at radius 3 is 2.63 bits per heavy atom. The standard InChI is InChI=1S/C15H23ClFNO/c1-10-11(7-8-13(16)15(10)17)9-14(19)18-12-5-3-2-4-6-12/h11-13,15H,1-9H2,(H,18,19). The molecule has 2 nitrogen and oxygen atoms in total. The van der Waals surface area contributed by atoms with Crippen LogP contribution in [0.4, 0.5) is 4.39 Å². The molecule has 0 heterocycles. The van der Waals surface area contributed by atoms with Crippen LogP contribution in [0.25, 0.3) is 0 Å². The molecule has 0 aromatic carbocycles. The molecule has 0 aromatic heterocycles. The zero-order chi connectivity index (χ0) is 13.8. The molecule has 4 heteroatoms. The number of rotatable bonds is 3. The highest BCUT2D eigenvalue weighted by atomic mass is 35.5. The summed E-state index contributed by atoms with van der Waals surface area (Å²) in [5, 5.41) is 2.61. The van der Waals surface area contributed by atoms with E-state index in [-0.39, 0.29) is 11.8 Å². The molecule has 108 valence electrons. The molecule has 2 fully saturated rings. The lowest BCUT2D eigenvalue weighted by atomic mass is 9.81. The molecule has 1 N–H and O–H groups in total. The van der Waals surface area contributed by atoms with Gasteiger partial charge in [0.25, 0.3) is 0 Å². The first kappa shape index (κ1) is 14.8. The number of allylic oxidation sites excluding steroid dienone is 1. The van der Waals surface area contributed by atoms with Gasteiger partial charge in [0.05, 0.1) is 5.38 Å². The normalized spacial score (nSPS) is 33.2. The summed E-state index contributed by atoms with van der Waals surface area (Å²) in [5.41, 5.74) is 0.505. The molecule has 2 aliphatic rings. The van der Waals surface area contributed by atoms with E-state index in [1.165, 1.54) is 19.3 Å². The summed E-state index contributed by atoms with van der Waals surface area (Å²) >= 11 is 5.88. The first-order valence-corrected chi connectivity index (χ1v) is 7.77. The first-order valence-electron chi connectivity index (χ1n) is 7.34. The average Bonchev–Trinajstić information content (AvgIpc) is 2.41. The fraction of sp³-hybridized carbons (Fsp3) is 0.800. The molecule has 2 aliphatic carbocycles. The van der Waals surface area contributed by atoms with Gasteiger partial charge in [-0.05, 0) is 37.2 Å². The lowest BCUT2D eigenvalue weighted by Crippen LogP contribution is -2.38. The molecular formula is C15H23ClFNO. The molecule has 3 unspecified atom stereocenters. The topological polar surface area (TPSA) is 29.1 Å². The second-order valence-electron chi connectivity index (χ2n) is 5.87. The van der Waals surface area contributed by atoms with Crippen LogP contribution in [0.5, 0.6) is 0 Å². The zero-order valence-electron chi connectivity index (χ0n) is 11.3. The van der Waals surface area contributed by atoms with E-state index in [0.717, 1.165) is 19.3 Å².